The van der Waals surface area contributed by atoms with Crippen molar-refractivity contribution in [3.63, 3.8) is 0 Å². The fourth-order valence-corrected chi connectivity index (χ4v) is 4.92. The van der Waals surface area contributed by atoms with Crippen molar-refractivity contribution in [2.24, 2.45) is 11.8 Å². The van der Waals surface area contributed by atoms with Gasteiger partial charge in [0.1, 0.15) is 5.60 Å². The van der Waals surface area contributed by atoms with Crippen LogP contribution < -0.4 is 5.32 Å². The Morgan fingerprint density at radius 1 is 1.50 bits per heavy atom. The summed E-state index contributed by atoms with van der Waals surface area (Å²) in [5.41, 5.74) is -1.15. The zero-order chi connectivity index (χ0) is 19.3. The van der Waals surface area contributed by atoms with E-state index in [4.69, 9.17) is 4.74 Å². The third-order valence-corrected chi connectivity index (χ3v) is 6.42. The molecule has 0 aromatic carbocycles. The van der Waals surface area contributed by atoms with Crippen LogP contribution in [0.1, 0.15) is 20.3 Å². The highest BCUT2D eigenvalue weighted by molar-refractivity contribution is 7.51. The summed E-state index contributed by atoms with van der Waals surface area (Å²) in [6.07, 6.45) is 3.50. The molecule has 3 aliphatic rings. The number of amides is 2. The summed E-state index contributed by atoms with van der Waals surface area (Å²) in [4.78, 5) is 44.7. The van der Waals surface area contributed by atoms with Gasteiger partial charge in [0.2, 0.25) is 11.8 Å². The second-order valence-corrected chi connectivity index (χ2v) is 9.39. The lowest BCUT2D eigenvalue weighted by Gasteiger charge is -2.29. The quantitative estimate of drug-likeness (QED) is 0.333. The van der Waals surface area contributed by atoms with Crippen LogP contribution in [0.4, 0.5) is 0 Å². The zero-order valence-electron chi connectivity index (χ0n) is 15.0. The molecule has 4 atom stereocenters. The van der Waals surface area contributed by atoms with Crippen LogP contribution in [0.3, 0.4) is 0 Å². The molecule has 26 heavy (non-hydrogen) atoms. The molecule has 3 rings (SSSR count). The molecule has 9 heteroatoms. The minimum atomic E-state index is -4.18. The number of hydrogen-bond donors (Lipinski definition) is 3. The predicted octanol–water partition coefficient (Wildman–Crippen LogP) is 0.419. The van der Waals surface area contributed by atoms with E-state index >= 15 is 0 Å². The van der Waals surface area contributed by atoms with Crippen molar-refractivity contribution in [3.05, 3.63) is 24.3 Å². The van der Waals surface area contributed by atoms with Crippen molar-refractivity contribution < 1.29 is 28.7 Å². The fourth-order valence-electron chi connectivity index (χ4n) is 4.28. The van der Waals surface area contributed by atoms with Gasteiger partial charge in [-0.05, 0) is 20.3 Å². The third-order valence-electron chi connectivity index (χ3n) is 5.61. The summed E-state index contributed by atoms with van der Waals surface area (Å²) in [7, 11) is -4.18. The smallest absolute Gasteiger partial charge is 0.325 e. The van der Waals surface area contributed by atoms with Crippen LogP contribution >= 0.6 is 7.60 Å². The molecule has 0 saturated carbocycles. The van der Waals surface area contributed by atoms with Gasteiger partial charge in [-0.2, -0.15) is 0 Å². The van der Waals surface area contributed by atoms with E-state index in [9.17, 15) is 23.9 Å². The molecule has 3 heterocycles. The van der Waals surface area contributed by atoms with Crippen LogP contribution in [0.2, 0.25) is 0 Å². The van der Waals surface area contributed by atoms with Gasteiger partial charge >= 0.3 is 7.60 Å². The highest BCUT2D eigenvalue weighted by Crippen LogP contribution is 2.59. The number of likely N-dealkylation sites (tertiary alicyclic amines) is 1. The van der Waals surface area contributed by atoms with Crippen molar-refractivity contribution >= 4 is 19.4 Å². The second-order valence-electron chi connectivity index (χ2n) is 7.62. The molecule has 2 fully saturated rings. The Balaban J connectivity index is 1.70. The van der Waals surface area contributed by atoms with Gasteiger partial charge in [0.25, 0.3) is 0 Å². The number of carbonyl (C=O) groups excluding carboxylic acids is 2. The van der Waals surface area contributed by atoms with Crippen LogP contribution in [0.15, 0.2) is 24.3 Å². The molecule has 3 aliphatic heterocycles. The number of nitrogens with one attached hydrogen (secondary N) is 1. The van der Waals surface area contributed by atoms with Gasteiger partial charge < -0.3 is 24.7 Å². The number of fused-ring (bicyclic) bond motifs is 5. The minimum absolute atomic E-state index is 0.0615. The first-order chi connectivity index (χ1) is 12.0. The van der Waals surface area contributed by atoms with Gasteiger partial charge in [0.15, 0.2) is 0 Å². The molecule has 8 nitrogen and oxygen atoms in total. The molecule has 0 radical (unpaired) electrons. The molecule has 0 aliphatic carbocycles. The lowest BCUT2D eigenvalue weighted by Crippen LogP contribution is -2.43. The van der Waals surface area contributed by atoms with E-state index in [1.165, 1.54) is 0 Å². The Hall–Kier alpha value is -1.47. The number of ether oxygens (including phenoxy) is 1. The van der Waals surface area contributed by atoms with Crippen molar-refractivity contribution in [1.82, 2.24) is 10.2 Å². The van der Waals surface area contributed by atoms with E-state index in [-0.39, 0.29) is 30.3 Å². The lowest BCUT2D eigenvalue weighted by molar-refractivity contribution is -0.137. The minimum Gasteiger partial charge on any atom is -0.359 e. The van der Waals surface area contributed by atoms with Crippen LogP contribution in [0, 0.1) is 11.8 Å². The Bertz CT molecular complexity index is 731. The maximum absolute atomic E-state index is 12.9. The summed E-state index contributed by atoms with van der Waals surface area (Å²) >= 11 is 0. The molecule has 0 aromatic heterocycles. The van der Waals surface area contributed by atoms with Crippen LogP contribution in [-0.2, 0) is 18.9 Å². The molecule has 2 saturated heterocycles. The Labute approximate surface area is 152 Å². The molecule has 0 aromatic rings. The highest BCUT2D eigenvalue weighted by Gasteiger charge is 2.68. The monoisotopic (exact) mass is 384 g/mol. The second kappa shape index (κ2) is 6.30. The highest BCUT2D eigenvalue weighted by atomic mass is 31.2. The maximum Gasteiger partial charge on any atom is 0.325 e. The van der Waals surface area contributed by atoms with E-state index in [1.54, 1.807) is 17.9 Å². The van der Waals surface area contributed by atoms with Gasteiger partial charge in [-0.3, -0.25) is 14.2 Å². The largest absolute Gasteiger partial charge is 0.359 e. The number of nitrogens with zero attached hydrogens (tertiary/aromatic N) is 1. The van der Waals surface area contributed by atoms with Crippen molar-refractivity contribution in [3.8, 4) is 0 Å². The van der Waals surface area contributed by atoms with Gasteiger partial charge in [-0.1, -0.05) is 18.7 Å². The Morgan fingerprint density at radius 3 is 2.81 bits per heavy atom. The maximum atomic E-state index is 12.9. The summed E-state index contributed by atoms with van der Waals surface area (Å²) in [5.74, 6) is -0.833. The van der Waals surface area contributed by atoms with Gasteiger partial charge in [0.05, 0.1) is 17.7 Å². The summed E-state index contributed by atoms with van der Waals surface area (Å²) in [5, 5.41) is 2.72. The van der Waals surface area contributed by atoms with Gasteiger partial charge in [-0.15, -0.1) is 0 Å². The number of rotatable bonds is 7. The van der Waals surface area contributed by atoms with E-state index in [0.717, 1.165) is 0 Å². The predicted molar refractivity (Wildman–Crippen MR) is 94.3 cm³/mol. The van der Waals surface area contributed by atoms with Gasteiger partial charge in [0, 0.05) is 31.1 Å². The van der Waals surface area contributed by atoms with Crippen LogP contribution in [-0.4, -0.2) is 63.5 Å². The normalized spacial score (nSPS) is 35.1. The Kier molecular flexibility index (Phi) is 4.68. The zero-order valence-corrected chi connectivity index (χ0v) is 15.9. The Morgan fingerprint density at radius 2 is 2.19 bits per heavy atom. The molecular formula is C17H25N2O6P. The lowest BCUT2D eigenvalue weighted by atomic mass is 9.72. The number of hydrogen-bond acceptors (Lipinski definition) is 4. The first-order valence-corrected chi connectivity index (χ1v) is 10.4. The first kappa shape index (κ1) is 19.3. The first-order valence-electron chi connectivity index (χ1n) is 8.65. The molecule has 144 valence electrons. The molecule has 3 N–H and O–H groups in total. The van der Waals surface area contributed by atoms with E-state index < -0.39 is 24.7 Å². The van der Waals surface area contributed by atoms with Crippen molar-refractivity contribution in [2.45, 2.75) is 31.5 Å². The molecule has 4 unspecified atom stereocenters. The molecule has 2 amide bonds. The standard InChI is InChI=1S/C17H25N2O6P/c1-11(2)14(20)18-7-8-19-10-12-13(15(19)21)17(6-9-26(22,23)24)5-4-16(12,3)25-17/h4-5,12-13H,1,6-10H2,2-3H3,(H,18,20)(H2,22,23,24). The average Bonchev–Trinajstić information content (AvgIpc) is 3.12. The average molecular weight is 384 g/mol. The van der Waals surface area contributed by atoms with E-state index in [0.29, 0.717) is 25.2 Å². The fraction of sp³-hybridized carbons (Fsp3) is 0.647. The summed E-state index contributed by atoms with van der Waals surface area (Å²) in [6.45, 7) is 8.32. The summed E-state index contributed by atoms with van der Waals surface area (Å²) < 4.78 is 17.4. The van der Waals surface area contributed by atoms with E-state index in [1.807, 2.05) is 13.0 Å². The molecular weight excluding hydrogens is 359 g/mol. The summed E-state index contributed by atoms with van der Waals surface area (Å²) in [6, 6.07) is 0. The van der Waals surface area contributed by atoms with Crippen LogP contribution in [0.5, 0.6) is 0 Å². The van der Waals surface area contributed by atoms with Crippen molar-refractivity contribution in [2.75, 3.05) is 25.8 Å². The topological polar surface area (TPSA) is 116 Å². The van der Waals surface area contributed by atoms with Crippen LogP contribution in [0.25, 0.3) is 0 Å². The van der Waals surface area contributed by atoms with Gasteiger partial charge in [-0.25, -0.2) is 0 Å². The molecule has 2 bridgehead atoms. The SMILES string of the molecule is C=C(C)C(=O)NCCN1CC2C(C1=O)C1(CCP(=O)(O)O)C=CC2(C)O1. The molecule has 0 spiro atoms. The van der Waals surface area contributed by atoms with E-state index in [2.05, 4.69) is 11.9 Å². The van der Waals surface area contributed by atoms with Crippen molar-refractivity contribution in [1.29, 1.82) is 0 Å². The third kappa shape index (κ3) is 3.27. The number of carbonyl (C=O) groups is 2.